The number of nitrogens with two attached hydrogens (primary N) is 1. The van der Waals surface area contributed by atoms with Gasteiger partial charge in [0.2, 0.25) is 11.8 Å². The monoisotopic (exact) mass is 367 g/mol. The zero-order valence-electron chi connectivity index (χ0n) is 13.4. The van der Waals surface area contributed by atoms with E-state index < -0.39 is 0 Å². The van der Waals surface area contributed by atoms with Crippen LogP contribution in [-0.2, 0) is 10.5 Å². The van der Waals surface area contributed by atoms with Gasteiger partial charge in [-0.05, 0) is 25.0 Å². The van der Waals surface area contributed by atoms with Crippen LogP contribution in [0.2, 0.25) is 0 Å². The van der Waals surface area contributed by atoms with Crippen LogP contribution in [0, 0.1) is 0 Å². The second-order valence-electron chi connectivity index (χ2n) is 5.72. The number of nitrogens with zero attached hydrogens (tertiary/aromatic N) is 2. The predicted octanol–water partition coefficient (Wildman–Crippen LogP) is 2.95. The molecule has 0 atom stereocenters. The standard InChI is InChI=1S/C17H21N3O2S.ClH/c18-14-6-8-20(9-7-14)16(21)12-23-11-15-10-22-17(19-15)13-4-2-1-3-5-13;/h1-5,10,14H,6-9,11-12,18H2;1H. The van der Waals surface area contributed by atoms with Crippen LogP contribution < -0.4 is 5.73 Å². The second kappa shape index (κ2) is 9.11. The molecule has 0 saturated carbocycles. The van der Waals surface area contributed by atoms with Crippen molar-refractivity contribution in [2.75, 3.05) is 18.8 Å². The van der Waals surface area contributed by atoms with Crippen molar-refractivity contribution in [1.29, 1.82) is 0 Å². The van der Waals surface area contributed by atoms with Crippen LogP contribution in [-0.4, -0.2) is 40.7 Å². The SMILES string of the molecule is Cl.NC1CCN(C(=O)CSCc2coc(-c3ccccc3)n2)CC1. The first-order valence-electron chi connectivity index (χ1n) is 7.83. The molecule has 0 unspecified atom stereocenters. The van der Waals surface area contributed by atoms with Gasteiger partial charge in [0, 0.05) is 30.4 Å². The lowest BCUT2D eigenvalue weighted by Gasteiger charge is -2.30. The molecular formula is C17H22ClN3O2S. The summed E-state index contributed by atoms with van der Waals surface area (Å²) in [6.07, 6.45) is 3.47. The van der Waals surface area contributed by atoms with Gasteiger partial charge in [0.05, 0.1) is 11.4 Å². The van der Waals surface area contributed by atoms with Crippen molar-refractivity contribution in [3.8, 4) is 11.5 Å². The Morgan fingerprint density at radius 3 is 2.71 bits per heavy atom. The van der Waals surface area contributed by atoms with Crippen LogP contribution in [0.3, 0.4) is 0 Å². The normalized spacial score (nSPS) is 15.1. The van der Waals surface area contributed by atoms with Crippen LogP contribution in [0.1, 0.15) is 18.5 Å². The Balaban J connectivity index is 0.00000208. The summed E-state index contributed by atoms with van der Waals surface area (Å²) in [6.45, 7) is 1.56. The van der Waals surface area contributed by atoms with Gasteiger partial charge in [-0.2, -0.15) is 0 Å². The summed E-state index contributed by atoms with van der Waals surface area (Å²) in [6, 6.07) is 10.1. The summed E-state index contributed by atoms with van der Waals surface area (Å²) in [4.78, 5) is 18.5. The van der Waals surface area contributed by atoms with E-state index in [0.717, 1.165) is 37.2 Å². The number of hydrogen-bond acceptors (Lipinski definition) is 5. The van der Waals surface area contributed by atoms with Crippen molar-refractivity contribution in [3.05, 3.63) is 42.3 Å². The van der Waals surface area contributed by atoms with Crippen molar-refractivity contribution in [3.63, 3.8) is 0 Å². The lowest BCUT2D eigenvalue weighted by atomic mass is 10.1. The molecule has 24 heavy (non-hydrogen) atoms. The van der Waals surface area contributed by atoms with E-state index in [1.54, 1.807) is 18.0 Å². The average molecular weight is 368 g/mol. The van der Waals surface area contributed by atoms with Gasteiger partial charge < -0.3 is 15.1 Å². The van der Waals surface area contributed by atoms with E-state index in [9.17, 15) is 4.79 Å². The van der Waals surface area contributed by atoms with Gasteiger partial charge in [-0.3, -0.25) is 4.79 Å². The van der Waals surface area contributed by atoms with E-state index in [-0.39, 0.29) is 24.4 Å². The summed E-state index contributed by atoms with van der Waals surface area (Å²) >= 11 is 1.57. The fourth-order valence-corrected chi connectivity index (χ4v) is 3.37. The zero-order chi connectivity index (χ0) is 16.1. The molecule has 1 aliphatic rings. The van der Waals surface area contributed by atoms with Crippen LogP contribution in [0.4, 0.5) is 0 Å². The Labute approximate surface area is 152 Å². The number of carbonyl (C=O) groups is 1. The van der Waals surface area contributed by atoms with Gasteiger partial charge in [-0.1, -0.05) is 18.2 Å². The quantitative estimate of drug-likeness (QED) is 0.879. The molecule has 0 aliphatic carbocycles. The highest BCUT2D eigenvalue weighted by molar-refractivity contribution is 7.99. The molecule has 1 amide bonds. The number of halogens is 1. The number of oxazole rings is 1. The third kappa shape index (κ3) is 5.00. The summed E-state index contributed by atoms with van der Waals surface area (Å²) in [5, 5.41) is 0. The zero-order valence-corrected chi connectivity index (χ0v) is 15.0. The largest absolute Gasteiger partial charge is 0.444 e. The Kier molecular flexibility index (Phi) is 7.15. The van der Waals surface area contributed by atoms with Crippen molar-refractivity contribution >= 4 is 30.1 Å². The Morgan fingerprint density at radius 1 is 1.29 bits per heavy atom. The van der Waals surface area contributed by atoms with Crippen molar-refractivity contribution in [1.82, 2.24) is 9.88 Å². The van der Waals surface area contributed by atoms with E-state index in [1.165, 1.54) is 0 Å². The topological polar surface area (TPSA) is 72.4 Å². The number of aromatic nitrogens is 1. The first kappa shape index (κ1) is 18.8. The number of piperidine rings is 1. The van der Waals surface area contributed by atoms with Gasteiger partial charge in [-0.15, -0.1) is 24.2 Å². The van der Waals surface area contributed by atoms with E-state index in [2.05, 4.69) is 4.98 Å². The van der Waals surface area contributed by atoms with Gasteiger partial charge in [0.25, 0.3) is 0 Å². The molecule has 2 N–H and O–H groups in total. The van der Waals surface area contributed by atoms with Crippen LogP contribution in [0.15, 0.2) is 41.0 Å². The summed E-state index contributed by atoms with van der Waals surface area (Å²) in [5.41, 5.74) is 7.69. The lowest BCUT2D eigenvalue weighted by Crippen LogP contribution is -2.43. The second-order valence-corrected chi connectivity index (χ2v) is 6.71. The molecule has 1 aliphatic heterocycles. The number of carbonyl (C=O) groups excluding carboxylic acids is 1. The lowest BCUT2D eigenvalue weighted by molar-refractivity contribution is -0.129. The Hall–Kier alpha value is -1.50. The molecule has 5 nitrogen and oxygen atoms in total. The number of rotatable bonds is 5. The van der Waals surface area contributed by atoms with Crippen molar-refractivity contribution in [2.24, 2.45) is 5.73 Å². The van der Waals surface area contributed by atoms with Crippen molar-refractivity contribution in [2.45, 2.75) is 24.6 Å². The minimum Gasteiger partial charge on any atom is -0.444 e. The predicted molar refractivity (Wildman–Crippen MR) is 99.1 cm³/mol. The molecule has 0 spiro atoms. The number of benzene rings is 1. The van der Waals surface area contributed by atoms with E-state index >= 15 is 0 Å². The maximum atomic E-state index is 12.1. The van der Waals surface area contributed by atoms with Gasteiger partial charge in [0.15, 0.2) is 0 Å². The summed E-state index contributed by atoms with van der Waals surface area (Å²) < 4.78 is 5.50. The third-order valence-electron chi connectivity index (χ3n) is 3.94. The molecule has 2 aromatic rings. The number of amides is 1. The van der Waals surface area contributed by atoms with E-state index in [1.807, 2.05) is 35.2 Å². The van der Waals surface area contributed by atoms with Crippen LogP contribution in [0.25, 0.3) is 11.5 Å². The molecule has 1 fully saturated rings. The highest BCUT2D eigenvalue weighted by Gasteiger charge is 2.20. The first-order valence-corrected chi connectivity index (χ1v) is 8.99. The van der Waals surface area contributed by atoms with Crippen LogP contribution in [0.5, 0.6) is 0 Å². The van der Waals surface area contributed by atoms with Crippen LogP contribution >= 0.6 is 24.2 Å². The number of thioether (sulfide) groups is 1. The molecule has 2 heterocycles. The molecule has 130 valence electrons. The molecule has 3 rings (SSSR count). The van der Waals surface area contributed by atoms with Crippen molar-refractivity contribution < 1.29 is 9.21 Å². The number of hydrogen-bond donors (Lipinski definition) is 1. The fourth-order valence-electron chi connectivity index (χ4n) is 2.57. The maximum Gasteiger partial charge on any atom is 0.232 e. The maximum absolute atomic E-state index is 12.1. The molecule has 7 heteroatoms. The summed E-state index contributed by atoms with van der Waals surface area (Å²) in [7, 11) is 0. The average Bonchev–Trinajstić information content (AvgIpc) is 3.05. The highest BCUT2D eigenvalue weighted by Crippen LogP contribution is 2.20. The summed E-state index contributed by atoms with van der Waals surface area (Å²) in [5.74, 6) is 1.96. The Morgan fingerprint density at radius 2 is 2.00 bits per heavy atom. The molecule has 1 aromatic carbocycles. The minimum atomic E-state index is 0. The van der Waals surface area contributed by atoms with E-state index in [0.29, 0.717) is 17.4 Å². The molecule has 1 aromatic heterocycles. The smallest absolute Gasteiger partial charge is 0.232 e. The minimum absolute atomic E-state index is 0. The fraction of sp³-hybridized carbons (Fsp3) is 0.412. The molecule has 1 saturated heterocycles. The highest BCUT2D eigenvalue weighted by atomic mass is 35.5. The first-order chi connectivity index (χ1) is 11.2. The van der Waals surface area contributed by atoms with Gasteiger partial charge in [0.1, 0.15) is 6.26 Å². The Bertz CT molecular complexity index is 642. The third-order valence-corrected chi connectivity index (χ3v) is 4.89. The van der Waals surface area contributed by atoms with Gasteiger partial charge in [-0.25, -0.2) is 4.98 Å². The number of likely N-dealkylation sites (tertiary alicyclic amines) is 1. The molecule has 0 bridgehead atoms. The van der Waals surface area contributed by atoms with Gasteiger partial charge >= 0.3 is 0 Å². The van der Waals surface area contributed by atoms with E-state index in [4.69, 9.17) is 10.2 Å². The molecular weight excluding hydrogens is 346 g/mol. The molecule has 0 radical (unpaired) electrons.